The average molecular weight is 201 g/mol. The lowest BCUT2D eigenvalue weighted by atomic mass is 10.0. The van der Waals surface area contributed by atoms with Crippen LogP contribution in [0.4, 0.5) is 0 Å². The van der Waals surface area contributed by atoms with E-state index in [0.717, 1.165) is 19.3 Å². The van der Waals surface area contributed by atoms with Gasteiger partial charge in [-0.25, -0.2) is 0 Å². The van der Waals surface area contributed by atoms with Gasteiger partial charge in [0.15, 0.2) is 0 Å². The van der Waals surface area contributed by atoms with E-state index in [2.05, 4.69) is 17.5 Å². The molecule has 0 aromatic carbocycles. The molecule has 0 heterocycles. The van der Waals surface area contributed by atoms with E-state index < -0.39 is 10.5 Å². The van der Waals surface area contributed by atoms with Gasteiger partial charge >= 0.3 is 10.5 Å². The number of rotatable bonds is 7. The van der Waals surface area contributed by atoms with Crippen molar-refractivity contribution in [2.24, 2.45) is 10.3 Å². The first kappa shape index (κ1) is 12.1. The van der Waals surface area contributed by atoms with Crippen LogP contribution in [0.1, 0.15) is 19.3 Å². The normalized spacial score (nSPS) is 11.7. The molecule has 0 aliphatic carbocycles. The molecule has 0 fully saturated rings. The highest BCUT2D eigenvalue weighted by atomic mass is 32.2. The van der Waals surface area contributed by atoms with Gasteiger partial charge in [-0.2, -0.15) is 12.8 Å². The van der Waals surface area contributed by atoms with Crippen molar-refractivity contribution in [2.75, 3.05) is 6.54 Å². The highest BCUT2D eigenvalue weighted by Gasteiger charge is 2.01. The fraction of sp³-hybridized carbons (Fsp3) is 0.556. The van der Waals surface area contributed by atoms with E-state index in [4.69, 9.17) is 0 Å². The summed E-state index contributed by atoms with van der Waals surface area (Å²) in [6.45, 7) is 7.56. The molecule has 4 heteroatoms. The Morgan fingerprint density at radius 1 is 1.38 bits per heavy atom. The molecular weight excluding hydrogens is 186 g/mol. The molecule has 0 aromatic rings. The van der Waals surface area contributed by atoms with Crippen LogP contribution in [-0.2, 0) is 10.5 Å². The molecule has 3 nitrogen and oxygen atoms in total. The fourth-order valence-corrected chi connectivity index (χ4v) is 1.28. The zero-order chi connectivity index (χ0) is 10.1. The standard InChI is InChI=1S/C9H15NO2S/c1-3-5-6-7-9(4-2)8-10-13(11)12/h3-4,9H,1-2,5-8H2. The minimum absolute atomic E-state index is 0.165. The molecule has 13 heavy (non-hydrogen) atoms. The predicted molar refractivity (Wildman–Crippen MR) is 53.9 cm³/mol. The zero-order valence-electron chi connectivity index (χ0n) is 7.65. The van der Waals surface area contributed by atoms with Crippen LogP contribution in [0.2, 0.25) is 0 Å². The monoisotopic (exact) mass is 201 g/mol. The summed E-state index contributed by atoms with van der Waals surface area (Å²) in [7, 11) is -2.29. The van der Waals surface area contributed by atoms with Crippen LogP contribution >= 0.6 is 0 Å². The average Bonchev–Trinajstić information content (AvgIpc) is 2.10. The number of allylic oxidation sites excluding steroid dienone is 1. The van der Waals surface area contributed by atoms with E-state index in [9.17, 15) is 8.42 Å². The maximum Gasteiger partial charge on any atom is 0.311 e. The topological polar surface area (TPSA) is 46.5 Å². The van der Waals surface area contributed by atoms with Gasteiger partial charge in [-0.05, 0) is 25.2 Å². The first-order valence-corrected chi connectivity index (χ1v) is 5.24. The Morgan fingerprint density at radius 2 is 2.08 bits per heavy atom. The zero-order valence-corrected chi connectivity index (χ0v) is 8.46. The molecule has 0 rings (SSSR count). The highest BCUT2D eigenvalue weighted by molar-refractivity contribution is 7.61. The molecule has 0 aliphatic heterocycles. The van der Waals surface area contributed by atoms with E-state index in [1.54, 1.807) is 6.08 Å². The van der Waals surface area contributed by atoms with Crippen molar-refractivity contribution in [3.8, 4) is 0 Å². The lowest BCUT2D eigenvalue weighted by Crippen LogP contribution is -2.00. The van der Waals surface area contributed by atoms with Gasteiger partial charge < -0.3 is 0 Å². The Kier molecular flexibility index (Phi) is 7.20. The molecule has 0 bridgehead atoms. The third-order valence-electron chi connectivity index (χ3n) is 1.73. The van der Waals surface area contributed by atoms with Gasteiger partial charge in [0, 0.05) is 0 Å². The first-order valence-electron chi connectivity index (χ1n) is 4.21. The summed E-state index contributed by atoms with van der Waals surface area (Å²) >= 11 is 0. The Labute approximate surface area is 80.9 Å². The van der Waals surface area contributed by atoms with E-state index in [-0.39, 0.29) is 5.92 Å². The lowest BCUT2D eigenvalue weighted by molar-refractivity contribution is 0.571. The minimum atomic E-state index is -2.29. The third kappa shape index (κ3) is 7.46. The van der Waals surface area contributed by atoms with E-state index >= 15 is 0 Å². The van der Waals surface area contributed by atoms with E-state index in [1.165, 1.54) is 0 Å². The van der Waals surface area contributed by atoms with Crippen LogP contribution in [0.15, 0.2) is 29.7 Å². The summed E-state index contributed by atoms with van der Waals surface area (Å²) in [5, 5.41) is 0. The fourth-order valence-electron chi connectivity index (χ4n) is 0.965. The largest absolute Gasteiger partial charge is 0.311 e. The molecular formula is C9H15NO2S. The summed E-state index contributed by atoms with van der Waals surface area (Å²) in [6.07, 6.45) is 6.46. The quantitative estimate of drug-likeness (QED) is 0.468. The summed E-state index contributed by atoms with van der Waals surface area (Å²) < 4.78 is 23.7. The Bertz CT molecular complexity index is 272. The van der Waals surface area contributed by atoms with Gasteiger partial charge in [-0.15, -0.1) is 13.2 Å². The second-order valence-corrected chi connectivity index (χ2v) is 3.44. The second-order valence-electron chi connectivity index (χ2n) is 2.74. The highest BCUT2D eigenvalue weighted by Crippen LogP contribution is 2.10. The summed E-state index contributed by atoms with van der Waals surface area (Å²) in [4.78, 5) is 0. The summed E-state index contributed by atoms with van der Waals surface area (Å²) in [5.41, 5.74) is 0. The van der Waals surface area contributed by atoms with Crippen LogP contribution in [0, 0.1) is 5.92 Å². The Balaban J connectivity index is 3.82. The van der Waals surface area contributed by atoms with Gasteiger partial charge in [-0.1, -0.05) is 12.2 Å². The third-order valence-corrected chi connectivity index (χ3v) is 2.09. The van der Waals surface area contributed by atoms with Crippen molar-refractivity contribution in [3.63, 3.8) is 0 Å². The van der Waals surface area contributed by atoms with Crippen molar-refractivity contribution >= 4 is 10.5 Å². The first-order chi connectivity index (χ1) is 6.20. The Morgan fingerprint density at radius 3 is 2.54 bits per heavy atom. The number of nitrogens with zero attached hydrogens (tertiary/aromatic N) is 1. The maximum absolute atomic E-state index is 10.1. The minimum Gasteiger partial charge on any atom is -0.171 e. The summed E-state index contributed by atoms with van der Waals surface area (Å²) in [6, 6.07) is 0. The van der Waals surface area contributed by atoms with E-state index in [1.807, 2.05) is 6.08 Å². The molecule has 0 amide bonds. The van der Waals surface area contributed by atoms with Crippen LogP contribution in [0.3, 0.4) is 0 Å². The molecule has 0 aliphatic rings. The molecule has 0 saturated carbocycles. The van der Waals surface area contributed by atoms with Crippen LogP contribution in [-0.4, -0.2) is 15.0 Å². The van der Waals surface area contributed by atoms with Crippen molar-refractivity contribution in [2.45, 2.75) is 19.3 Å². The van der Waals surface area contributed by atoms with Crippen LogP contribution < -0.4 is 0 Å². The lowest BCUT2D eigenvalue weighted by Gasteiger charge is -2.05. The van der Waals surface area contributed by atoms with Crippen molar-refractivity contribution in [1.29, 1.82) is 0 Å². The van der Waals surface area contributed by atoms with Crippen LogP contribution in [0.25, 0.3) is 0 Å². The molecule has 0 radical (unpaired) electrons. The molecule has 1 atom stereocenters. The SMILES string of the molecule is C=CCCCC(C=C)CN=S(=O)=O. The smallest absolute Gasteiger partial charge is 0.171 e. The van der Waals surface area contributed by atoms with Gasteiger partial charge in [-0.3, -0.25) is 0 Å². The molecule has 0 spiro atoms. The number of hydrogen-bond donors (Lipinski definition) is 0. The maximum atomic E-state index is 10.1. The van der Waals surface area contributed by atoms with Crippen molar-refractivity contribution in [1.82, 2.24) is 0 Å². The second kappa shape index (κ2) is 7.73. The number of hydrogen-bond acceptors (Lipinski definition) is 3. The van der Waals surface area contributed by atoms with E-state index in [0.29, 0.717) is 6.54 Å². The van der Waals surface area contributed by atoms with Gasteiger partial charge in [0.25, 0.3) is 0 Å². The van der Waals surface area contributed by atoms with Crippen molar-refractivity contribution < 1.29 is 8.42 Å². The summed E-state index contributed by atoms with van der Waals surface area (Å²) in [5.74, 6) is 0.165. The Hall–Kier alpha value is -0.900. The molecule has 0 saturated heterocycles. The van der Waals surface area contributed by atoms with Gasteiger partial charge in [0.1, 0.15) is 0 Å². The molecule has 1 unspecified atom stereocenters. The van der Waals surface area contributed by atoms with Gasteiger partial charge in [0.2, 0.25) is 0 Å². The molecule has 0 N–H and O–H groups in total. The molecule has 0 aromatic heterocycles. The number of unbranched alkanes of at least 4 members (excludes halogenated alkanes) is 1. The van der Waals surface area contributed by atoms with Crippen molar-refractivity contribution in [3.05, 3.63) is 25.3 Å². The van der Waals surface area contributed by atoms with Gasteiger partial charge in [0.05, 0.1) is 6.54 Å². The predicted octanol–water partition coefficient (Wildman–Crippen LogP) is 2.21. The molecule has 74 valence electrons. The van der Waals surface area contributed by atoms with Crippen LogP contribution in [0.5, 0.6) is 0 Å².